The van der Waals surface area contributed by atoms with Crippen molar-refractivity contribution < 1.29 is 4.79 Å². The maximum atomic E-state index is 12.4. The molecule has 0 spiro atoms. The van der Waals surface area contributed by atoms with Gasteiger partial charge in [0.05, 0.1) is 11.1 Å². The Morgan fingerprint density at radius 2 is 2.09 bits per heavy atom. The monoisotopic (exact) mass is 320 g/mol. The van der Waals surface area contributed by atoms with Crippen LogP contribution in [0.1, 0.15) is 36.0 Å². The molecule has 118 valence electrons. The van der Waals surface area contributed by atoms with E-state index in [1.54, 1.807) is 18.5 Å². The topological polar surface area (TPSA) is 80.9 Å². The number of benzene rings is 1. The molecule has 3 rings (SSSR count). The fourth-order valence-corrected chi connectivity index (χ4v) is 3.03. The molecule has 0 radical (unpaired) electrons. The molecule has 0 aliphatic heterocycles. The number of halogens is 1. The number of nitrogens with two attached hydrogens (primary N) is 1. The number of amides is 1. The molecular formula is C16H21ClN4O. The second kappa shape index (κ2) is 7.51. The third-order valence-electron chi connectivity index (χ3n) is 4.12. The van der Waals surface area contributed by atoms with Gasteiger partial charge in [0.15, 0.2) is 0 Å². The molecule has 0 bridgehead atoms. The molecule has 2 atom stereocenters. The van der Waals surface area contributed by atoms with Crippen molar-refractivity contribution in [3.8, 4) is 0 Å². The summed E-state index contributed by atoms with van der Waals surface area (Å²) in [6.07, 6.45) is 7.64. The van der Waals surface area contributed by atoms with Gasteiger partial charge in [0.1, 0.15) is 5.52 Å². The lowest BCUT2D eigenvalue weighted by molar-refractivity contribution is 0.0944. The van der Waals surface area contributed by atoms with Gasteiger partial charge in [-0.2, -0.15) is 0 Å². The number of carbonyl (C=O) groups excluding carboxylic acids is 1. The number of para-hydroxylation sites is 1. The van der Waals surface area contributed by atoms with Gasteiger partial charge in [-0.1, -0.05) is 12.5 Å². The molecule has 6 heteroatoms. The normalized spacial score (nSPS) is 21.1. The summed E-state index contributed by atoms with van der Waals surface area (Å²) in [6, 6.07) is 5.77. The first kappa shape index (κ1) is 16.6. The first-order chi connectivity index (χ1) is 10.2. The highest BCUT2D eigenvalue weighted by Gasteiger charge is 2.20. The molecule has 1 aliphatic rings. The number of hydrogen-bond donors (Lipinski definition) is 2. The Balaban J connectivity index is 0.00000176. The highest BCUT2D eigenvalue weighted by Crippen LogP contribution is 2.22. The zero-order chi connectivity index (χ0) is 14.7. The highest BCUT2D eigenvalue weighted by atomic mass is 35.5. The van der Waals surface area contributed by atoms with Crippen molar-refractivity contribution in [3.63, 3.8) is 0 Å². The standard InChI is InChI=1S/C16H20N4O.ClH/c17-12-4-1-3-11(9-12)10-20-16(21)13-5-2-6-14-15(13)19-8-7-18-14;/h2,5-8,11-12H,1,3-4,9-10,17H2,(H,20,21);1H. The lowest BCUT2D eigenvalue weighted by atomic mass is 9.86. The van der Waals surface area contributed by atoms with Crippen LogP contribution in [-0.2, 0) is 0 Å². The van der Waals surface area contributed by atoms with Crippen LogP contribution in [0.25, 0.3) is 11.0 Å². The summed E-state index contributed by atoms with van der Waals surface area (Å²) in [5, 5.41) is 3.02. The number of nitrogens with zero attached hydrogens (tertiary/aromatic N) is 2. The van der Waals surface area contributed by atoms with Crippen molar-refractivity contribution in [2.45, 2.75) is 31.7 Å². The van der Waals surface area contributed by atoms with E-state index in [9.17, 15) is 4.79 Å². The van der Waals surface area contributed by atoms with Crippen LogP contribution in [0.15, 0.2) is 30.6 Å². The number of nitrogens with one attached hydrogen (secondary N) is 1. The van der Waals surface area contributed by atoms with Crippen molar-refractivity contribution in [1.29, 1.82) is 0 Å². The maximum Gasteiger partial charge on any atom is 0.253 e. The molecule has 1 saturated carbocycles. The van der Waals surface area contributed by atoms with E-state index in [1.807, 2.05) is 12.1 Å². The molecule has 5 nitrogen and oxygen atoms in total. The summed E-state index contributed by atoms with van der Waals surface area (Å²) >= 11 is 0. The molecule has 1 aromatic heterocycles. The minimum atomic E-state index is -0.0831. The lowest BCUT2D eigenvalue weighted by Crippen LogP contribution is -2.35. The summed E-state index contributed by atoms with van der Waals surface area (Å²) in [5.41, 5.74) is 7.96. The van der Waals surface area contributed by atoms with Crippen LogP contribution in [0, 0.1) is 5.92 Å². The Kier molecular flexibility index (Phi) is 5.69. The molecular weight excluding hydrogens is 300 g/mol. The van der Waals surface area contributed by atoms with Crippen LogP contribution in [0.4, 0.5) is 0 Å². The van der Waals surface area contributed by atoms with E-state index in [4.69, 9.17) is 5.73 Å². The number of fused-ring (bicyclic) bond motifs is 1. The summed E-state index contributed by atoms with van der Waals surface area (Å²) < 4.78 is 0. The number of carbonyl (C=O) groups is 1. The van der Waals surface area contributed by atoms with Gasteiger partial charge in [-0.15, -0.1) is 12.4 Å². The number of aromatic nitrogens is 2. The van der Waals surface area contributed by atoms with E-state index in [-0.39, 0.29) is 24.4 Å². The summed E-state index contributed by atoms with van der Waals surface area (Å²) in [4.78, 5) is 20.9. The van der Waals surface area contributed by atoms with Crippen LogP contribution in [0.2, 0.25) is 0 Å². The third-order valence-corrected chi connectivity index (χ3v) is 4.12. The Labute approximate surface area is 136 Å². The van der Waals surface area contributed by atoms with Gasteiger partial charge in [-0.3, -0.25) is 14.8 Å². The Morgan fingerprint density at radius 1 is 1.27 bits per heavy atom. The van der Waals surface area contributed by atoms with Crippen molar-refractivity contribution in [3.05, 3.63) is 36.2 Å². The number of hydrogen-bond acceptors (Lipinski definition) is 4. The Morgan fingerprint density at radius 3 is 2.91 bits per heavy atom. The maximum absolute atomic E-state index is 12.4. The molecule has 0 saturated heterocycles. The fourth-order valence-electron chi connectivity index (χ4n) is 3.03. The molecule has 1 fully saturated rings. The quantitative estimate of drug-likeness (QED) is 0.909. The third kappa shape index (κ3) is 3.72. The zero-order valence-electron chi connectivity index (χ0n) is 12.4. The first-order valence-corrected chi connectivity index (χ1v) is 7.47. The van der Waals surface area contributed by atoms with Crippen LogP contribution in [0.5, 0.6) is 0 Å². The molecule has 1 amide bonds. The fraction of sp³-hybridized carbons (Fsp3) is 0.438. The Hall–Kier alpha value is -1.72. The predicted octanol–water partition coefficient (Wildman–Crippen LogP) is 2.30. The molecule has 3 N–H and O–H groups in total. The zero-order valence-corrected chi connectivity index (χ0v) is 13.2. The summed E-state index contributed by atoms with van der Waals surface area (Å²) in [5.74, 6) is 0.402. The molecule has 1 heterocycles. The molecule has 2 unspecified atom stereocenters. The second-order valence-corrected chi connectivity index (χ2v) is 5.73. The van der Waals surface area contributed by atoms with Crippen molar-refractivity contribution in [2.24, 2.45) is 11.7 Å². The van der Waals surface area contributed by atoms with Gasteiger partial charge in [0, 0.05) is 25.0 Å². The van der Waals surface area contributed by atoms with E-state index in [0.717, 1.165) is 31.2 Å². The largest absolute Gasteiger partial charge is 0.352 e. The first-order valence-electron chi connectivity index (χ1n) is 7.47. The van der Waals surface area contributed by atoms with E-state index >= 15 is 0 Å². The van der Waals surface area contributed by atoms with Gasteiger partial charge in [0.2, 0.25) is 0 Å². The predicted molar refractivity (Wildman–Crippen MR) is 89.1 cm³/mol. The van der Waals surface area contributed by atoms with Gasteiger partial charge < -0.3 is 11.1 Å². The Bertz CT molecular complexity index is 644. The van der Waals surface area contributed by atoms with Gasteiger partial charge in [-0.05, 0) is 37.3 Å². The van der Waals surface area contributed by atoms with Crippen molar-refractivity contribution in [2.75, 3.05) is 6.54 Å². The van der Waals surface area contributed by atoms with Gasteiger partial charge in [0.25, 0.3) is 5.91 Å². The summed E-state index contributed by atoms with van der Waals surface area (Å²) in [6.45, 7) is 0.684. The van der Waals surface area contributed by atoms with Crippen molar-refractivity contribution in [1.82, 2.24) is 15.3 Å². The average Bonchev–Trinajstić information content (AvgIpc) is 2.52. The van der Waals surface area contributed by atoms with Crippen LogP contribution < -0.4 is 11.1 Å². The number of rotatable bonds is 3. The lowest BCUT2D eigenvalue weighted by Gasteiger charge is -2.26. The minimum absolute atomic E-state index is 0. The summed E-state index contributed by atoms with van der Waals surface area (Å²) in [7, 11) is 0. The SMILES string of the molecule is Cl.NC1CCCC(CNC(=O)c2cccc3nccnc23)C1. The molecule has 22 heavy (non-hydrogen) atoms. The molecule has 1 aromatic carbocycles. The van der Waals surface area contributed by atoms with Gasteiger partial charge >= 0.3 is 0 Å². The highest BCUT2D eigenvalue weighted by molar-refractivity contribution is 6.04. The van der Waals surface area contributed by atoms with Crippen LogP contribution in [-0.4, -0.2) is 28.5 Å². The molecule has 1 aliphatic carbocycles. The van der Waals surface area contributed by atoms with E-state index in [2.05, 4.69) is 15.3 Å². The molecule has 2 aromatic rings. The van der Waals surface area contributed by atoms with Crippen LogP contribution in [0.3, 0.4) is 0 Å². The smallest absolute Gasteiger partial charge is 0.253 e. The minimum Gasteiger partial charge on any atom is -0.352 e. The van der Waals surface area contributed by atoms with Gasteiger partial charge in [-0.25, -0.2) is 0 Å². The van der Waals surface area contributed by atoms with Crippen molar-refractivity contribution >= 4 is 29.3 Å². The van der Waals surface area contributed by atoms with E-state index in [1.165, 1.54) is 0 Å². The van der Waals surface area contributed by atoms with E-state index < -0.39 is 0 Å². The second-order valence-electron chi connectivity index (χ2n) is 5.73. The van der Waals surface area contributed by atoms with E-state index in [0.29, 0.717) is 23.5 Å². The average molecular weight is 321 g/mol. The van der Waals surface area contributed by atoms with Crippen LogP contribution >= 0.6 is 12.4 Å².